The monoisotopic (exact) mass is 1500 g/mol. The lowest BCUT2D eigenvalue weighted by Gasteiger charge is -2.40. The average molecular weight is 1500 g/mol. The van der Waals surface area contributed by atoms with Gasteiger partial charge in [-0.1, -0.05) is 192 Å². The van der Waals surface area contributed by atoms with Crippen LogP contribution in [0, 0.1) is 0 Å². The predicted octanol–water partition coefficient (Wildman–Crippen LogP) is 16.8. The first-order chi connectivity index (χ1) is 53.4. The van der Waals surface area contributed by atoms with Gasteiger partial charge < -0.3 is 39.0 Å². The molecule has 18 heteroatoms. The summed E-state index contributed by atoms with van der Waals surface area (Å²) >= 11 is 0. The normalized spacial score (nSPS) is 16.0. The molecule has 112 heavy (non-hydrogen) atoms. The molecule has 15 rings (SSSR count). The predicted molar refractivity (Wildman–Crippen MR) is 438 cm³/mol. The highest BCUT2D eigenvalue weighted by Gasteiger charge is 2.48. The summed E-state index contributed by atoms with van der Waals surface area (Å²) in [7, 11) is 0. The van der Waals surface area contributed by atoms with Gasteiger partial charge in [-0.15, -0.1) is 0 Å². The van der Waals surface area contributed by atoms with Gasteiger partial charge in [0.05, 0.1) is 35.5 Å². The summed E-state index contributed by atoms with van der Waals surface area (Å²) in [6.07, 6.45) is -0.0497. The summed E-state index contributed by atoms with van der Waals surface area (Å²) in [6.45, 7) is 29.2. The quantitative estimate of drug-likeness (QED) is 0.0415. The van der Waals surface area contributed by atoms with Crippen LogP contribution in [0.25, 0.3) is 43.1 Å². The molecule has 2 atom stereocenters. The maximum absolute atomic E-state index is 16.8. The Labute approximate surface area is 654 Å². The zero-order valence-corrected chi connectivity index (χ0v) is 66.0. The molecule has 2 fully saturated rings. The van der Waals surface area contributed by atoms with Crippen molar-refractivity contribution in [2.75, 3.05) is 78.7 Å². The first-order valence-electron chi connectivity index (χ1n) is 39.0. The largest absolute Gasteiger partial charge is 0.457 e. The van der Waals surface area contributed by atoms with Gasteiger partial charge in [0.1, 0.15) is 58.1 Å². The molecule has 0 spiro atoms. The van der Waals surface area contributed by atoms with Gasteiger partial charge in [-0.05, 0) is 128 Å². The molecule has 4 aliphatic rings. The fourth-order valence-electron chi connectivity index (χ4n) is 16.4. The SMILES string of the molecule is CC(C)(C)c1ccc(Oc2cc3c4c(cc(Oc5ccc(C(C)(C)C)cc5)c5c6c(Oc7ccc(C(C)(C)C)cc7)cc7c8c(cc(Oc9ccc(C(C)(C)C)cc9)c(c2c45)c86)C(=O)N(C(Cc2ccccc2)C(=O)N2CCN(CCO)CC2)C7=O)C(=O)N(C(Cc2ccccc2)C(=O)N2CCN(CCO)CC2)C3=O)cc1. The molecule has 576 valence electrons. The van der Waals surface area contributed by atoms with Crippen molar-refractivity contribution in [3.63, 3.8) is 0 Å². The Balaban J connectivity index is 1.08. The molecular formula is C94H98N6O12. The number of carbonyl (C=O) groups is 6. The van der Waals surface area contributed by atoms with Crippen LogP contribution in [0.15, 0.2) is 182 Å². The second kappa shape index (κ2) is 29.9. The average Bonchev–Trinajstić information content (AvgIpc) is 0.669. The molecule has 0 saturated carbocycles. The van der Waals surface area contributed by atoms with E-state index in [4.69, 9.17) is 18.9 Å². The number of fused-ring (bicyclic) bond motifs is 2. The van der Waals surface area contributed by atoms with E-state index in [1.807, 2.05) is 158 Å². The van der Waals surface area contributed by atoms with Crippen molar-refractivity contribution in [3.8, 4) is 46.0 Å². The van der Waals surface area contributed by atoms with Gasteiger partial charge in [0.15, 0.2) is 0 Å². The molecule has 0 radical (unpaired) electrons. The number of imide groups is 2. The zero-order valence-electron chi connectivity index (χ0n) is 66.0. The second-order valence-corrected chi connectivity index (χ2v) is 34.3. The molecule has 0 aromatic heterocycles. The number of hydrogen-bond acceptors (Lipinski definition) is 14. The van der Waals surface area contributed by atoms with Crippen LogP contribution in [-0.2, 0) is 44.1 Å². The van der Waals surface area contributed by atoms with Crippen molar-refractivity contribution < 1.29 is 57.9 Å². The molecule has 4 aliphatic heterocycles. The van der Waals surface area contributed by atoms with E-state index in [-0.39, 0.29) is 130 Å². The first kappa shape index (κ1) is 76.4. The molecule has 6 amide bonds. The highest BCUT2D eigenvalue weighted by atomic mass is 16.5. The summed E-state index contributed by atoms with van der Waals surface area (Å²) in [5.74, 6) is -1.93. The highest BCUT2D eigenvalue weighted by Crippen LogP contribution is 2.58. The zero-order chi connectivity index (χ0) is 79.0. The van der Waals surface area contributed by atoms with Gasteiger partial charge in [0, 0.05) is 121 Å². The molecule has 2 N–H and O–H groups in total. The minimum Gasteiger partial charge on any atom is -0.457 e. The molecule has 0 aliphatic carbocycles. The summed E-state index contributed by atoms with van der Waals surface area (Å²) in [4.78, 5) is 109. The Kier molecular flexibility index (Phi) is 20.4. The van der Waals surface area contributed by atoms with Gasteiger partial charge in [0.2, 0.25) is 11.8 Å². The van der Waals surface area contributed by atoms with E-state index >= 15 is 28.8 Å². The topological polar surface area (TPSA) is 199 Å². The van der Waals surface area contributed by atoms with E-state index in [0.29, 0.717) is 106 Å². The molecule has 11 aromatic rings. The third kappa shape index (κ3) is 14.6. The molecular weight excluding hydrogens is 1410 g/mol. The highest BCUT2D eigenvalue weighted by molar-refractivity contribution is 6.45. The number of piperazine rings is 2. The molecule has 2 unspecified atom stereocenters. The van der Waals surface area contributed by atoms with E-state index in [2.05, 4.69) is 92.9 Å². The number of ether oxygens (including phenoxy) is 4. The Morgan fingerprint density at radius 3 is 0.795 bits per heavy atom. The van der Waals surface area contributed by atoms with E-state index in [1.54, 1.807) is 34.1 Å². The van der Waals surface area contributed by atoms with Crippen LogP contribution in [-0.4, -0.2) is 166 Å². The number of aliphatic hydroxyl groups is 2. The van der Waals surface area contributed by atoms with E-state index in [1.165, 1.54) is 0 Å². The van der Waals surface area contributed by atoms with Gasteiger partial charge in [-0.3, -0.25) is 48.4 Å². The van der Waals surface area contributed by atoms with E-state index in [0.717, 1.165) is 32.1 Å². The Morgan fingerprint density at radius 2 is 0.571 bits per heavy atom. The maximum atomic E-state index is 16.8. The van der Waals surface area contributed by atoms with Crippen molar-refractivity contribution in [3.05, 3.63) is 238 Å². The maximum Gasteiger partial charge on any atom is 0.262 e. The van der Waals surface area contributed by atoms with Crippen molar-refractivity contribution in [1.82, 2.24) is 29.4 Å². The Morgan fingerprint density at radius 1 is 0.330 bits per heavy atom. The number of nitrogens with zero attached hydrogens (tertiary/aromatic N) is 6. The van der Waals surface area contributed by atoms with E-state index in [9.17, 15) is 10.2 Å². The van der Waals surface area contributed by atoms with Gasteiger partial charge in [-0.2, -0.15) is 0 Å². The number of carbonyl (C=O) groups excluding carboxylic acids is 6. The summed E-state index contributed by atoms with van der Waals surface area (Å²) < 4.78 is 29.8. The van der Waals surface area contributed by atoms with Gasteiger partial charge in [0.25, 0.3) is 23.6 Å². The number of rotatable bonds is 20. The lowest BCUT2D eigenvalue weighted by atomic mass is 9.80. The third-order valence-electron chi connectivity index (χ3n) is 22.7. The molecule has 18 nitrogen and oxygen atoms in total. The van der Waals surface area contributed by atoms with Crippen molar-refractivity contribution in [2.24, 2.45) is 0 Å². The molecule has 2 saturated heterocycles. The van der Waals surface area contributed by atoms with Gasteiger partial charge in [-0.25, -0.2) is 0 Å². The number of β-amino-alcohol motifs (C(OH)–C–C–N with tert-alkyl or cyclic N) is 2. The van der Waals surface area contributed by atoms with Crippen LogP contribution in [0.5, 0.6) is 46.0 Å². The van der Waals surface area contributed by atoms with Crippen LogP contribution in [0.1, 0.15) is 158 Å². The lowest BCUT2D eigenvalue weighted by molar-refractivity contribution is -0.138. The lowest BCUT2D eigenvalue weighted by Crippen LogP contribution is -2.58. The van der Waals surface area contributed by atoms with Gasteiger partial charge >= 0.3 is 0 Å². The number of benzene rings is 11. The Bertz CT molecular complexity index is 4860. The fraction of sp³-hybridized carbons (Fsp3) is 0.340. The smallest absolute Gasteiger partial charge is 0.262 e. The van der Waals surface area contributed by atoms with Crippen LogP contribution >= 0.6 is 0 Å². The summed E-state index contributed by atoms with van der Waals surface area (Å²) in [6, 6.07) is 53.4. The first-order valence-corrected chi connectivity index (χ1v) is 39.0. The van der Waals surface area contributed by atoms with Crippen LogP contribution in [0.4, 0.5) is 0 Å². The second-order valence-electron chi connectivity index (χ2n) is 34.3. The molecule has 4 heterocycles. The van der Waals surface area contributed by atoms with Crippen molar-refractivity contribution >= 4 is 78.5 Å². The summed E-state index contributed by atoms with van der Waals surface area (Å²) in [5, 5.41) is 22.2. The molecule has 0 bridgehead atoms. The van der Waals surface area contributed by atoms with Crippen molar-refractivity contribution in [2.45, 2.75) is 130 Å². The van der Waals surface area contributed by atoms with Crippen LogP contribution in [0.2, 0.25) is 0 Å². The number of hydrogen-bond donors (Lipinski definition) is 2. The van der Waals surface area contributed by atoms with Crippen molar-refractivity contribution in [1.29, 1.82) is 0 Å². The number of aliphatic hydroxyl groups excluding tert-OH is 2. The number of amides is 6. The van der Waals surface area contributed by atoms with Crippen LogP contribution < -0.4 is 18.9 Å². The minimum atomic E-state index is -1.36. The molecule has 11 aromatic carbocycles. The summed E-state index contributed by atoms with van der Waals surface area (Å²) in [5.41, 5.74) is 4.59. The van der Waals surface area contributed by atoms with Crippen LogP contribution in [0.3, 0.4) is 0 Å². The van der Waals surface area contributed by atoms with E-state index < -0.39 is 47.5 Å². The minimum absolute atomic E-state index is 0.0248. The third-order valence-corrected chi connectivity index (χ3v) is 22.7. The fourth-order valence-corrected chi connectivity index (χ4v) is 16.4. The Hall–Kier alpha value is -11.0. The standard InChI is InChI=1S/C94H98N6O12/c1-91(2,3)59-23-31-63(32-24-59)109-73-53-67-77-68(86(104)99(85(67)103)71(51-57-19-15-13-16-20-57)89(107)97-43-39-95(40-44-97)47-49-101)55-75(111-65-35-27-61(28-36-65)93(7,8)9)81-82-76(112-66-37-29-62(30-38-66)94(10,11)12)56-70-78-69(54-74(80(84(78)82)79(73)83(77)81)110-64-33-25-60(26-34-64)92(4,5)6)87(105)100(88(70)106)72(52-58-21-17-14-18-22-58)90(108)98-45-41-96(42-46-98)48-50-102/h13-38,53-56,71-72,101-102H,39-52H2,1-12H3.